The molecule has 1 saturated carbocycles. The molecule has 0 saturated heterocycles. The molecular formula is C26H30N4O7S2. The molecule has 1 aliphatic heterocycles. The Hall–Kier alpha value is -2.94. The average Bonchev–Trinajstić information content (AvgIpc) is 3.47. The number of anilines is 1. The molecule has 0 radical (unpaired) electrons. The number of rotatable bonds is 9. The molecule has 4 N–H and O–H groups in total. The molecule has 11 nitrogen and oxygen atoms in total. The van der Waals surface area contributed by atoms with E-state index in [4.69, 9.17) is 14.6 Å². The lowest BCUT2D eigenvalue weighted by Gasteiger charge is -2.26. The van der Waals surface area contributed by atoms with Crippen molar-refractivity contribution in [2.45, 2.75) is 44.4 Å². The van der Waals surface area contributed by atoms with E-state index in [1.165, 1.54) is 29.4 Å². The Morgan fingerprint density at radius 2 is 2.10 bits per heavy atom. The molecule has 5 rings (SSSR count). The molecule has 0 amide bonds. The van der Waals surface area contributed by atoms with Crippen molar-refractivity contribution >= 4 is 33.2 Å². The first-order chi connectivity index (χ1) is 18.6. The molecule has 2 aliphatic rings. The van der Waals surface area contributed by atoms with Crippen molar-refractivity contribution in [2.75, 3.05) is 25.6 Å². The molecule has 3 aromatic rings. The number of aryl methyl sites for hydroxylation is 1. The highest BCUT2D eigenvalue weighted by Gasteiger charge is 2.35. The van der Waals surface area contributed by atoms with Gasteiger partial charge in [0.25, 0.3) is 0 Å². The van der Waals surface area contributed by atoms with Gasteiger partial charge in [0, 0.05) is 23.0 Å². The maximum atomic E-state index is 13.7. The lowest BCUT2D eigenvalue weighted by atomic mass is 9.92. The number of methoxy groups -OCH3 is 1. The number of nitrogens with zero attached hydrogens (tertiary/aromatic N) is 2. The van der Waals surface area contributed by atoms with E-state index in [9.17, 15) is 18.3 Å². The lowest BCUT2D eigenvalue weighted by Crippen LogP contribution is -2.24. The van der Waals surface area contributed by atoms with Gasteiger partial charge in [0.2, 0.25) is 5.78 Å². The van der Waals surface area contributed by atoms with E-state index in [0.717, 1.165) is 28.2 Å². The number of carbonyl (C=O) groups excluding carboxylic acids is 1. The summed E-state index contributed by atoms with van der Waals surface area (Å²) in [7, 11) is -2.47. The number of nitrogens with two attached hydrogens (primary N) is 1. The number of thiophene rings is 1. The second kappa shape index (κ2) is 11.3. The highest BCUT2D eigenvalue weighted by molar-refractivity contribution is 7.84. The molecule has 0 spiro atoms. The van der Waals surface area contributed by atoms with Crippen molar-refractivity contribution in [2.24, 2.45) is 11.1 Å². The van der Waals surface area contributed by atoms with Crippen LogP contribution in [0, 0.1) is 12.8 Å². The standard InChI is InChI=1S/C26H30N4O7S2/c1-14-19(25-20-9-18(35-2)4-3-15(20)5-6-36-25)10-23(38-14)24(32)21-11-28-13-29-26(21)30-17-7-16(22(31)8-17)12-37-39(27,33)34/h3-4,9-11,13,16-17,22,25,31H,5-8,12H2,1-2H3,(H2,27,33,34)(H,28,29,30)/t16-,17-,22+,25-/m1/s1. The number of hydrogen-bond acceptors (Lipinski definition) is 11. The number of carbonyl (C=O) groups is 1. The van der Waals surface area contributed by atoms with Crippen LogP contribution in [0.15, 0.2) is 36.8 Å². The summed E-state index contributed by atoms with van der Waals surface area (Å²) < 4.78 is 38.5. The molecule has 0 unspecified atom stereocenters. The van der Waals surface area contributed by atoms with E-state index < -0.39 is 22.3 Å². The van der Waals surface area contributed by atoms with Crippen LogP contribution in [0.25, 0.3) is 0 Å². The molecule has 1 aliphatic carbocycles. The monoisotopic (exact) mass is 574 g/mol. The van der Waals surface area contributed by atoms with Gasteiger partial charge in [0.15, 0.2) is 0 Å². The Kier molecular flexibility index (Phi) is 7.99. The minimum Gasteiger partial charge on any atom is -0.497 e. The SMILES string of the molecule is COc1ccc2c(c1)[C@@H](c1cc(C(=O)c3cncnc3N[C@@H]3C[C@H](COS(N)(=O)=O)[C@@H](O)C3)sc1C)OCC2. The van der Waals surface area contributed by atoms with Crippen LogP contribution in [0.5, 0.6) is 5.75 Å². The first kappa shape index (κ1) is 27.6. The number of aromatic nitrogens is 2. The van der Waals surface area contributed by atoms with Crippen molar-refractivity contribution in [3.05, 3.63) is 68.8 Å². The molecule has 0 bridgehead atoms. The fourth-order valence-electron chi connectivity index (χ4n) is 5.19. The van der Waals surface area contributed by atoms with Crippen LogP contribution in [-0.4, -0.2) is 61.7 Å². The fraction of sp³-hybridized carbons (Fsp3) is 0.423. The van der Waals surface area contributed by atoms with Crippen molar-refractivity contribution in [1.29, 1.82) is 0 Å². The van der Waals surface area contributed by atoms with Gasteiger partial charge in [-0.15, -0.1) is 11.3 Å². The highest BCUT2D eigenvalue weighted by Crippen LogP contribution is 2.40. The average molecular weight is 575 g/mol. The predicted octanol–water partition coefficient (Wildman–Crippen LogP) is 2.52. The molecular weight excluding hydrogens is 544 g/mol. The van der Waals surface area contributed by atoms with Gasteiger partial charge in [0.05, 0.1) is 36.9 Å². The highest BCUT2D eigenvalue weighted by atomic mass is 32.2. The number of ether oxygens (including phenoxy) is 2. The number of aliphatic hydroxyl groups excluding tert-OH is 1. The lowest BCUT2D eigenvalue weighted by molar-refractivity contribution is 0.0695. The minimum absolute atomic E-state index is 0.219. The Balaban J connectivity index is 1.35. The van der Waals surface area contributed by atoms with Gasteiger partial charge in [-0.2, -0.15) is 8.42 Å². The van der Waals surface area contributed by atoms with Crippen LogP contribution < -0.4 is 15.2 Å². The van der Waals surface area contributed by atoms with Crippen LogP contribution in [0.2, 0.25) is 0 Å². The number of hydrogen-bond donors (Lipinski definition) is 3. The van der Waals surface area contributed by atoms with Gasteiger partial charge in [-0.25, -0.2) is 15.1 Å². The zero-order valence-electron chi connectivity index (χ0n) is 21.5. The van der Waals surface area contributed by atoms with Crippen molar-refractivity contribution < 1.29 is 32.0 Å². The van der Waals surface area contributed by atoms with Crippen molar-refractivity contribution in [3.63, 3.8) is 0 Å². The fourth-order valence-corrected chi connectivity index (χ4v) is 6.56. The number of benzene rings is 1. The Morgan fingerprint density at radius 1 is 1.28 bits per heavy atom. The van der Waals surface area contributed by atoms with Crippen LogP contribution >= 0.6 is 11.3 Å². The Labute approximate surface area is 230 Å². The molecule has 1 aromatic carbocycles. The van der Waals surface area contributed by atoms with Gasteiger partial charge < -0.3 is 19.9 Å². The molecule has 39 heavy (non-hydrogen) atoms. The number of fused-ring (bicyclic) bond motifs is 1. The summed E-state index contributed by atoms with van der Waals surface area (Å²) in [6.45, 7) is 2.34. The minimum atomic E-state index is -4.10. The molecule has 208 valence electrons. The summed E-state index contributed by atoms with van der Waals surface area (Å²) in [5, 5.41) is 18.5. The predicted molar refractivity (Wildman–Crippen MR) is 144 cm³/mol. The summed E-state index contributed by atoms with van der Waals surface area (Å²) in [6.07, 6.45) is 3.28. The third-order valence-corrected chi connectivity index (χ3v) is 8.69. The summed E-state index contributed by atoms with van der Waals surface area (Å²) in [4.78, 5) is 23.5. The van der Waals surface area contributed by atoms with Crippen LogP contribution in [0.4, 0.5) is 5.82 Å². The van der Waals surface area contributed by atoms with E-state index in [2.05, 4.69) is 25.5 Å². The second-order valence-corrected chi connectivity index (χ2v) is 12.2. The summed E-state index contributed by atoms with van der Waals surface area (Å²) >= 11 is 1.39. The summed E-state index contributed by atoms with van der Waals surface area (Å²) in [6, 6.07) is 7.61. The molecule has 2 aromatic heterocycles. The second-order valence-electron chi connectivity index (χ2n) is 9.72. The van der Waals surface area contributed by atoms with Gasteiger partial charge in [-0.3, -0.25) is 8.98 Å². The van der Waals surface area contributed by atoms with Gasteiger partial charge in [0.1, 0.15) is 24.0 Å². The van der Waals surface area contributed by atoms with Crippen molar-refractivity contribution in [1.82, 2.24) is 9.97 Å². The first-order valence-electron chi connectivity index (χ1n) is 12.5. The Bertz CT molecular complexity index is 1480. The number of nitrogens with one attached hydrogen (secondary N) is 1. The van der Waals surface area contributed by atoms with Gasteiger partial charge in [-0.05, 0) is 61.1 Å². The third kappa shape index (κ3) is 6.13. The summed E-state index contributed by atoms with van der Waals surface area (Å²) in [5.41, 5.74) is 3.46. The van der Waals surface area contributed by atoms with E-state index in [1.54, 1.807) is 7.11 Å². The van der Waals surface area contributed by atoms with E-state index in [-0.39, 0.29) is 24.5 Å². The van der Waals surface area contributed by atoms with Crippen molar-refractivity contribution in [3.8, 4) is 5.75 Å². The number of aliphatic hydroxyl groups is 1. The summed E-state index contributed by atoms with van der Waals surface area (Å²) in [5.74, 6) is 0.436. The molecule has 13 heteroatoms. The maximum absolute atomic E-state index is 13.7. The zero-order valence-corrected chi connectivity index (χ0v) is 23.1. The van der Waals surface area contributed by atoms with Crippen LogP contribution in [0.1, 0.15) is 55.7 Å². The van der Waals surface area contributed by atoms with E-state index in [0.29, 0.717) is 35.7 Å². The van der Waals surface area contributed by atoms with E-state index >= 15 is 0 Å². The normalized spacial score (nSPS) is 22.9. The molecule has 3 heterocycles. The van der Waals surface area contributed by atoms with Gasteiger partial charge in [-0.1, -0.05) is 6.07 Å². The first-order valence-corrected chi connectivity index (χ1v) is 14.8. The Morgan fingerprint density at radius 3 is 2.87 bits per heavy atom. The molecule has 1 fully saturated rings. The smallest absolute Gasteiger partial charge is 0.333 e. The largest absolute Gasteiger partial charge is 0.497 e. The number of ketones is 1. The van der Waals surface area contributed by atoms with Crippen LogP contribution in [-0.2, 0) is 25.6 Å². The maximum Gasteiger partial charge on any atom is 0.333 e. The molecule has 4 atom stereocenters. The topological polar surface area (TPSA) is 163 Å². The zero-order chi connectivity index (χ0) is 27.7. The van der Waals surface area contributed by atoms with Gasteiger partial charge >= 0.3 is 10.3 Å². The quantitative estimate of drug-likeness (QED) is 0.324. The van der Waals surface area contributed by atoms with Crippen LogP contribution in [0.3, 0.4) is 0 Å². The third-order valence-electron chi connectivity index (χ3n) is 7.16. The van der Waals surface area contributed by atoms with E-state index in [1.807, 2.05) is 25.1 Å².